The van der Waals surface area contributed by atoms with Crippen molar-refractivity contribution in [1.29, 1.82) is 0 Å². The Kier molecular flexibility index (Phi) is 6.55. The van der Waals surface area contributed by atoms with Crippen molar-refractivity contribution in [2.45, 2.75) is 13.8 Å². The zero-order chi connectivity index (χ0) is 24.2. The lowest BCUT2D eigenvalue weighted by molar-refractivity contribution is -0.384. The Morgan fingerprint density at radius 3 is 2.53 bits per heavy atom. The molecule has 1 amide bonds. The number of halogens is 1. The molecule has 0 saturated carbocycles. The maximum absolute atomic E-state index is 12.6. The molecule has 1 N–H and O–H groups in total. The first-order chi connectivity index (χ1) is 16.4. The molecule has 1 heterocycles. The van der Waals surface area contributed by atoms with Crippen molar-refractivity contribution in [3.05, 3.63) is 93.0 Å². The summed E-state index contributed by atoms with van der Waals surface area (Å²) in [4.78, 5) is 27.5. The minimum Gasteiger partial charge on any atom is -0.463 e. The molecule has 0 spiro atoms. The van der Waals surface area contributed by atoms with Gasteiger partial charge in [-0.3, -0.25) is 14.9 Å². The standard InChI is InChI=1S/C24H20ClN5O4/c1-3-34-24-27-22(19-7-5-4-6-15(19)2)29(28-24)17-10-8-16(9-11-17)26-23(31)20-13-12-18(30(32)33)14-21(20)25/h4-14H,3H2,1-2H3,(H,26,31). The number of nitro groups is 1. The molecule has 0 radical (unpaired) electrons. The molecule has 34 heavy (non-hydrogen) atoms. The molecule has 0 unspecified atom stereocenters. The molecule has 4 aromatic rings. The molecule has 10 heteroatoms. The van der Waals surface area contributed by atoms with E-state index in [1.807, 2.05) is 38.1 Å². The zero-order valence-electron chi connectivity index (χ0n) is 18.4. The van der Waals surface area contributed by atoms with E-state index >= 15 is 0 Å². The molecule has 0 atom stereocenters. The van der Waals surface area contributed by atoms with Crippen LogP contribution in [0.15, 0.2) is 66.7 Å². The second kappa shape index (κ2) is 9.72. The van der Waals surface area contributed by atoms with E-state index in [1.165, 1.54) is 12.1 Å². The molecular formula is C24H20ClN5O4. The Balaban J connectivity index is 1.60. The number of benzene rings is 3. The lowest BCUT2D eigenvalue weighted by Gasteiger charge is -2.10. The Morgan fingerprint density at radius 2 is 1.88 bits per heavy atom. The average Bonchev–Trinajstić information content (AvgIpc) is 3.23. The summed E-state index contributed by atoms with van der Waals surface area (Å²) >= 11 is 6.06. The molecule has 9 nitrogen and oxygen atoms in total. The Bertz CT molecular complexity index is 1370. The number of carbonyl (C=O) groups excluding carboxylic acids is 1. The van der Waals surface area contributed by atoms with Crippen molar-refractivity contribution < 1.29 is 14.5 Å². The SMILES string of the molecule is CCOc1nc(-c2ccccc2C)n(-c2ccc(NC(=O)c3ccc([N+](=O)[O-])cc3Cl)cc2)n1. The molecule has 3 aromatic carbocycles. The van der Waals surface area contributed by atoms with Gasteiger partial charge in [0.2, 0.25) is 0 Å². The molecule has 1 aromatic heterocycles. The first-order valence-electron chi connectivity index (χ1n) is 10.4. The number of rotatable bonds is 7. The third-order valence-corrected chi connectivity index (χ3v) is 5.34. The van der Waals surface area contributed by atoms with Crippen LogP contribution in [0.2, 0.25) is 5.02 Å². The molecular weight excluding hydrogens is 458 g/mol. The fourth-order valence-electron chi connectivity index (χ4n) is 3.35. The van der Waals surface area contributed by atoms with Crippen LogP contribution in [-0.2, 0) is 0 Å². The first-order valence-corrected chi connectivity index (χ1v) is 10.8. The molecule has 0 aliphatic carbocycles. The van der Waals surface area contributed by atoms with Crippen LogP contribution >= 0.6 is 11.6 Å². The van der Waals surface area contributed by atoms with Crippen molar-refractivity contribution in [1.82, 2.24) is 14.8 Å². The summed E-state index contributed by atoms with van der Waals surface area (Å²) in [5, 5.41) is 18.1. The van der Waals surface area contributed by atoms with Crippen molar-refractivity contribution in [3.8, 4) is 23.1 Å². The Hall–Kier alpha value is -4.24. The number of aromatic nitrogens is 3. The summed E-state index contributed by atoms with van der Waals surface area (Å²) in [6.07, 6.45) is 0. The van der Waals surface area contributed by atoms with Crippen molar-refractivity contribution in [3.63, 3.8) is 0 Å². The minimum atomic E-state index is -0.571. The number of carbonyl (C=O) groups is 1. The quantitative estimate of drug-likeness (QED) is 0.279. The van der Waals surface area contributed by atoms with Crippen LogP contribution in [0.25, 0.3) is 17.1 Å². The summed E-state index contributed by atoms with van der Waals surface area (Å²) in [6, 6.07) is 18.8. The van der Waals surface area contributed by atoms with Gasteiger partial charge in [0.25, 0.3) is 11.6 Å². The smallest absolute Gasteiger partial charge is 0.336 e. The number of hydrogen-bond acceptors (Lipinski definition) is 6. The predicted octanol–water partition coefficient (Wildman–Crippen LogP) is 5.46. The fourth-order valence-corrected chi connectivity index (χ4v) is 3.61. The third kappa shape index (κ3) is 4.74. The van der Waals surface area contributed by atoms with Gasteiger partial charge in [-0.25, -0.2) is 4.68 Å². The number of nitrogens with zero attached hydrogens (tertiary/aromatic N) is 4. The highest BCUT2D eigenvalue weighted by molar-refractivity contribution is 6.34. The van der Waals surface area contributed by atoms with Crippen LogP contribution in [-0.4, -0.2) is 32.2 Å². The van der Waals surface area contributed by atoms with Gasteiger partial charge in [-0.05, 0) is 49.7 Å². The summed E-state index contributed by atoms with van der Waals surface area (Å²) in [7, 11) is 0. The lowest BCUT2D eigenvalue weighted by Crippen LogP contribution is -2.12. The van der Waals surface area contributed by atoms with Gasteiger partial charge in [0.1, 0.15) is 0 Å². The highest BCUT2D eigenvalue weighted by Gasteiger charge is 2.17. The van der Waals surface area contributed by atoms with Gasteiger partial charge in [0, 0.05) is 23.4 Å². The van der Waals surface area contributed by atoms with E-state index in [9.17, 15) is 14.9 Å². The predicted molar refractivity (Wildman–Crippen MR) is 129 cm³/mol. The Labute approximate surface area is 200 Å². The summed E-state index contributed by atoms with van der Waals surface area (Å²) in [5.74, 6) is 0.156. The molecule has 0 fully saturated rings. The number of ether oxygens (including phenoxy) is 1. The van der Waals surface area contributed by atoms with E-state index in [1.54, 1.807) is 28.9 Å². The summed E-state index contributed by atoms with van der Waals surface area (Å²) in [5.41, 5.74) is 3.16. The van der Waals surface area contributed by atoms with Gasteiger partial charge in [-0.2, -0.15) is 4.98 Å². The van der Waals surface area contributed by atoms with Gasteiger partial charge >= 0.3 is 6.01 Å². The van der Waals surface area contributed by atoms with Gasteiger partial charge in [-0.1, -0.05) is 35.9 Å². The number of non-ortho nitro benzene ring substituents is 1. The van der Waals surface area contributed by atoms with Crippen LogP contribution in [0.5, 0.6) is 6.01 Å². The average molecular weight is 478 g/mol. The van der Waals surface area contributed by atoms with Crippen LogP contribution in [0, 0.1) is 17.0 Å². The van der Waals surface area contributed by atoms with Gasteiger partial charge in [-0.15, -0.1) is 5.10 Å². The second-order valence-corrected chi connectivity index (χ2v) is 7.71. The number of nitro benzene ring substituents is 1. The van der Waals surface area contributed by atoms with Crippen molar-refractivity contribution >= 4 is 28.9 Å². The number of anilines is 1. The molecule has 0 aliphatic heterocycles. The molecule has 0 saturated heterocycles. The number of amides is 1. The van der Waals surface area contributed by atoms with E-state index in [-0.39, 0.29) is 22.3 Å². The lowest BCUT2D eigenvalue weighted by atomic mass is 10.1. The third-order valence-electron chi connectivity index (χ3n) is 5.02. The van der Waals surface area contributed by atoms with Gasteiger partial charge < -0.3 is 10.1 Å². The largest absolute Gasteiger partial charge is 0.463 e. The van der Waals surface area contributed by atoms with Crippen LogP contribution in [0.3, 0.4) is 0 Å². The van der Waals surface area contributed by atoms with E-state index in [2.05, 4.69) is 15.4 Å². The summed E-state index contributed by atoms with van der Waals surface area (Å²) in [6.45, 7) is 4.30. The second-order valence-electron chi connectivity index (χ2n) is 7.30. The van der Waals surface area contributed by atoms with E-state index in [4.69, 9.17) is 16.3 Å². The highest BCUT2D eigenvalue weighted by atomic mass is 35.5. The van der Waals surface area contributed by atoms with Crippen molar-refractivity contribution in [2.75, 3.05) is 11.9 Å². The van der Waals surface area contributed by atoms with E-state index in [0.29, 0.717) is 18.1 Å². The molecule has 172 valence electrons. The van der Waals surface area contributed by atoms with Gasteiger partial charge in [0.15, 0.2) is 5.82 Å². The summed E-state index contributed by atoms with van der Waals surface area (Å²) < 4.78 is 7.20. The highest BCUT2D eigenvalue weighted by Crippen LogP contribution is 2.27. The normalized spacial score (nSPS) is 10.7. The van der Waals surface area contributed by atoms with Crippen LogP contribution < -0.4 is 10.1 Å². The molecule has 4 rings (SSSR count). The topological polar surface area (TPSA) is 112 Å². The number of nitrogens with one attached hydrogen (secondary N) is 1. The van der Waals surface area contributed by atoms with E-state index < -0.39 is 10.8 Å². The Morgan fingerprint density at radius 1 is 1.15 bits per heavy atom. The minimum absolute atomic E-state index is 0.00254. The number of aryl methyl sites for hydroxylation is 1. The molecule has 0 bridgehead atoms. The monoisotopic (exact) mass is 477 g/mol. The maximum Gasteiger partial charge on any atom is 0.336 e. The van der Waals surface area contributed by atoms with Crippen LogP contribution in [0.1, 0.15) is 22.8 Å². The fraction of sp³-hybridized carbons (Fsp3) is 0.125. The van der Waals surface area contributed by atoms with Crippen molar-refractivity contribution in [2.24, 2.45) is 0 Å². The number of hydrogen-bond donors (Lipinski definition) is 1. The van der Waals surface area contributed by atoms with E-state index in [0.717, 1.165) is 22.9 Å². The maximum atomic E-state index is 12.6. The first kappa shape index (κ1) is 22.9. The molecule has 0 aliphatic rings. The van der Waals surface area contributed by atoms with Gasteiger partial charge in [0.05, 0.1) is 27.8 Å². The van der Waals surface area contributed by atoms with Crippen LogP contribution in [0.4, 0.5) is 11.4 Å². The zero-order valence-corrected chi connectivity index (χ0v) is 19.1.